The van der Waals surface area contributed by atoms with Crippen LogP contribution in [0.4, 0.5) is 11.4 Å². The number of benzene rings is 1. The van der Waals surface area contributed by atoms with E-state index in [0.717, 1.165) is 11.4 Å². The van der Waals surface area contributed by atoms with Gasteiger partial charge in [-0.3, -0.25) is 0 Å². The lowest BCUT2D eigenvalue weighted by Crippen LogP contribution is -2.39. The fourth-order valence-electron chi connectivity index (χ4n) is 2.75. The van der Waals surface area contributed by atoms with E-state index in [1.165, 1.54) is 32.1 Å². The van der Waals surface area contributed by atoms with E-state index in [0.29, 0.717) is 12.6 Å². The Morgan fingerprint density at radius 1 is 1.18 bits per heavy atom. The van der Waals surface area contributed by atoms with Crippen LogP contribution in [-0.4, -0.2) is 24.3 Å². The van der Waals surface area contributed by atoms with Crippen molar-refractivity contribution in [1.82, 2.24) is 0 Å². The molecule has 3 heteroatoms. The molecule has 0 spiro atoms. The topological polar surface area (TPSA) is 49.5 Å². The zero-order chi connectivity index (χ0) is 12.1. The number of aliphatic hydroxyl groups excluding tert-OH is 1. The van der Waals surface area contributed by atoms with Gasteiger partial charge in [-0.2, -0.15) is 0 Å². The minimum absolute atomic E-state index is 0.185. The van der Waals surface area contributed by atoms with E-state index in [2.05, 4.69) is 11.0 Å². The van der Waals surface area contributed by atoms with E-state index in [-0.39, 0.29) is 6.61 Å². The molecule has 0 aromatic heterocycles. The third-order valence-electron chi connectivity index (χ3n) is 3.60. The summed E-state index contributed by atoms with van der Waals surface area (Å²) in [7, 11) is 0. The third-order valence-corrected chi connectivity index (χ3v) is 3.60. The van der Waals surface area contributed by atoms with Gasteiger partial charge in [0.15, 0.2) is 0 Å². The van der Waals surface area contributed by atoms with Crippen molar-refractivity contribution in [2.45, 2.75) is 38.1 Å². The summed E-state index contributed by atoms with van der Waals surface area (Å²) in [4.78, 5) is 2.29. The second-order valence-corrected chi connectivity index (χ2v) is 4.77. The van der Waals surface area contributed by atoms with Gasteiger partial charge in [-0.05, 0) is 25.0 Å². The fourth-order valence-corrected chi connectivity index (χ4v) is 2.75. The Bertz CT molecular complexity index is 348. The molecular weight excluding hydrogens is 212 g/mol. The summed E-state index contributed by atoms with van der Waals surface area (Å²) in [5, 5.41) is 9.24. The third kappa shape index (κ3) is 2.91. The SMILES string of the molecule is Nc1ccccc1N(CCO)C1CCCCC1. The standard InChI is InChI=1S/C14H22N2O/c15-13-8-4-5-9-14(13)16(10-11-17)12-6-2-1-3-7-12/h4-5,8-9,12,17H,1-3,6-7,10-11,15H2. The molecule has 1 aromatic rings. The van der Waals surface area contributed by atoms with Crippen LogP contribution >= 0.6 is 0 Å². The smallest absolute Gasteiger partial charge is 0.0606 e. The molecule has 0 saturated heterocycles. The van der Waals surface area contributed by atoms with Crippen molar-refractivity contribution in [2.75, 3.05) is 23.8 Å². The summed E-state index contributed by atoms with van der Waals surface area (Å²) in [6, 6.07) is 8.50. The highest BCUT2D eigenvalue weighted by molar-refractivity contribution is 5.67. The monoisotopic (exact) mass is 234 g/mol. The second-order valence-electron chi connectivity index (χ2n) is 4.77. The molecule has 1 aliphatic carbocycles. The van der Waals surface area contributed by atoms with Crippen molar-refractivity contribution >= 4 is 11.4 Å². The number of para-hydroxylation sites is 2. The average Bonchev–Trinajstić information content (AvgIpc) is 2.38. The molecule has 0 heterocycles. The van der Waals surface area contributed by atoms with Gasteiger partial charge < -0.3 is 15.7 Å². The van der Waals surface area contributed by atoms with Gasteiger partial charge in [-0.15, -0.1) is 0 Å². The summed E-state index contributed by atoms with van der Waals surface area (Å²) in [5.74, 6) is 0. The van der Waals surface area contributed by atoms with E-state index >= 15 is 0 Å². The molecule has 3 N–H and O–H groups in total. The van der Waals surface area contributed by atoms with Crippen LogP contribution in [0.15, 0.2) is 24.3 Å². The Balaban J connectivity index is 2.18. The first-order valence-corrected chi connectivity index (χ1v) is 6.55. The van der Waals surface area contributed by atoms with Crippen molar-refractivity contribution in [3.05, 3.63) is 24.3 Å². The lowest BCUT2D eigenvalue weighted by atomic mass is 9.93. The second kappa shape index (κ2) is 5.92. The van der Waals surface area contributed by atoms with Crippen molar-refractivity contribution in [3.8, 4) is 0 Å². The van der Waals surface area contributed by atoms with Gasteiger partial charge in [0, 0.05) is 12.6 Å². The Hall–Kier alpha value is -1.22. The van der Waals surface area contributed by atoms with Gasteiger partial charge >= 0.3 is 0 Å². The van der Waals surface area contributed by atoms with E-state index in [4.69, 9.17) is 5.73 Å². The first-order chi connectivity index (χ1) is 8.33. The molecule has 1 saturated carbocycles. The number of nitrogens with two attached hydrogens (primary N) is 1. The van der Waals surface area contributed by atoms with E-state index in [1.54, 1.807) is 0 Å². The summed E-state index contributed by atoms with van der Waals surface area (Å²) in [6.07, 6.45) is 6.36. The summed E-state index contributed by atoms with van der Waals surface area (Å²) < 4.78 is 0. The van der Waals surface area contributed by atoms with Gasteiger partial charge in [-0.1, -0.05) is 31.4 Å². The number of nitrogens with zero attached hydrogens (tertiary/aromatic N) is 1. The molecule has 2 rings (SSSR count). The van der Waals surface area contributed by atoms with Gasteiger partial charge in [0.1, 0.15) is 0 Å². The Morgan fingerprint density at radius 2 is 1.88 bits per heavy atom. The van der Waals surface area contributed by atoms with Gasteiger partial charge in [0.25, 0.3) is 0 Å². The average molecular weight is 234 g/mol. The molecule has 0 radical (unpaired) electrons. The number of hydrogen-bond acceptors (Lipinski definition) is 3. The number of nitrogen functional groups attached to an aromatic ring is 1. The van der Waals surface area contributed by atoms with Crippen LogP contribution in [0.1, 0.15) is 32.1 Å². The van der Waals surface area contributed by atoms with Gasteiger partial charge in [0.05, 0.1) is 18.0 Å². The molecule has 0 unspecified atom stereocenters. The van der Waals surface area contributed by atoms with Crippen LogP contribution < -0.4 is 10.6 Å². The number of aliphatic hydroxyl groups is 1. The molecule has 0 aliphatic heterocycles. The van der Waals surface area contributed by atoms with Crippen LogP contribution in [0, 0.1) is 0 Å². The van der Waals surface area contributed by atoms with Crippen molar-refractivity contribution in [2.24, 2.45) is 0 Å². The summed E-state index contributed by atoms with van der Waals surface area (Å²) in [5.41, 5.74) is 7.92. The van der Waals surface area contributed by atoms with Crippen molar-refractivity contribution in [1.29, 1.82) is 0 Å². The summed E-state index contributed by atoms with van der Waals surface area (Å²) >= 11 is 0. The lowest BCUT2D eigenvalue weighted by Gasteiger charge is -2.36. The predicted molar refractivity (Wildman–Crippen MR) is 72.2 cm³/mol. The minimum Gasteiger partial charge on any atom is -0.397 e. The highest BCUT2D eigenvalue weighted by Gasteiger charge is 2.22. The maximum absolute atomic E-state index is 9.24. The molecule has 94 valence electrons. The Morgan fingerprint density at radius 3 is 2.53 bits per heavy atom. The van der Waals surface area contributed by atoms with E-state index in [9.17, 15) is 5.11 Å². The first kappa shape index (κ1) is 12.2. The van der Waals surface area contributed by atoms with Crippen molar-refractivity contribution < 1.29 is 5.11 Å². The number of hydrogen-bond donors (Lipinski definition) is 2. The Labute approximate surface area is 103 Å². The van der Waals surface area contributed by atoms with E-state index in [1.807, 2.05) is 18.2 Å². The molecule has 0 atom stereocenters. The van der Waals surface area contributed by atoms with Crippen LogP contribution in [-0.2, 0) is 0 Å². The number of anilines is 2. The van der Waals surface area contributed by atoms with Crippen molar-refractivity contribution in [3.63, 3.8) is 0 Å². The zero-order valence-corrected chi connectivity index (χ0v) is 10.3. The van der Waals surface area contributed by atoms with Gasteiger partial charge in [-0.25, -0.2) is 0 Å². The lowest BCUT2D eigenvalue weighted by molar-refractivity contribution is 0.290. The molecule has 1 fully saturated rings. The normalized spacial score (nSPS) is 17.0. The Kier molecular flexibility index (Phi) is 4.26. The van der Waals surface area contributed by atoms with E-state index < -0.39 is 0 Å². The minimum atomic E-state index is 0.185. The quantitative estimate of drug-likeness (QED) is 0.786. The molecule has 1 aliphatic rings. The maximum Gasteiger partial charge on any atom is 0.0606 e. The maximum atomic E-state index is 9.24. The highest BCUT2D eigenvalue weighted by atomic mass is 16.3. The molecular formula is C14H22N2O. The largest absolute Gasteiger partial charge is 0.397 e. The zero-order valence-electron chi connectivity index (χ0n) is 10.3. The van der Waals surface area contributed by atoms with Crippen LogP contribution in [0.2, 0.25) is 0 Å². The summed E-state index contributed by atoms with van der Waals surface area (Å²) in [6.45, 7) is 0.865. The molecule has 0 amide bonds. The van der Waals surface area contributed by atoms with Crippen LogP contribution in [0.25, 0.3) is 0 Å². The molecule has 17 heavy (non-hydrogen) atoms. The fraction of sp³-hybridized carbons (Fsp3) is 0.571. The highest BCUT2D eigenvalue weighted by Crippen LogP contribution is 2.30. The molecule has 1 aromatic carbocycles. The van der Waals surface area contributed by atoms with Crippen LogP contribution in [0.5, 0.6) is 0 Å². The first-order valence-electron chi connectivity index (χ1n) is 6.55. The molecule has 3 nitrogen and oxygen atoms in total. The van der Waals surface area contributed by atoms with Crippen LogP contribution in [0.3, 0.4) is 0 Å². The molecule has 0 bridgehead atoms. The predicted octanol–water partition coefficient (Wildman–Crippen LogP) is 2.40. The van der Waals surface area contributed by atoms with Gasteiger partial charge in [0.2, 0.25) is 0 Å². The number of rotatable bonds is 4.